The van der Waals surface area contributed by atoms with Crippen molar-refractivity contribution in [3.8, 4) is 0 Å². The first-order valence-electron chi connectivity index (χ1n) is 6.21. The fourth-order valence-corrected chi connectivity index (χ4v) is 1.81. The van der Waals surface area contributed by atoms with Crippen molar-refractivity contribution in [1.29, 1.82) is 0 Å². The Bertz CT molecular complexity index is 312. The summed E-state index contributed by atoms with van der Waals surface area (Å²) in [4.78, 5) is 25.1. The lowest BCUT2D eigenvalue weighted by Gasteiger charge is -2.27. The first kappa shape index (κ1) is 14.8. The van der Waals surface area contributed by atoms with E-state index in [1.165, 1.54) is 4.90 Å². The van der Waals surface area contributed by atoms with Gasteiger partial charge >= 0.3 is 12.1 Å². The van der Waals surface area contributed by atoms with Crippen LogP contribution in [0.1, 0.15) is 33.6 Å². The molecule has 1 saturated heterocycles. The van der Waals surface area contributed by atoms with Gasteiger partial charge in [0.25, 0.3) is 0 Å². The summed E-state index contributed by atoms with van der Waals surface area (Å²) >= 11 is 0. The molecule has 0 aromatic carbocycles. The van der Waals surface area contributed by atoms with Gasteiger partial charge in [0.1, 0.15) is 18.2 Å². The third-order valence-electron chi connectivity index (χ3n) is 2.52. The number of hydrogen-bond donors (Lipinski definition) is 1. The zero-order valence-electron chi connectivity index (χ0n) is 11.3. The minimum Gasteiger partial charge on any atom is -0.463 e. The van der Waals surface area contributed by atoms with Gasteiger partial charge in [-0.1, -0.05) is 0 Å². The van der Waals surface area contributed by atoms with E-state index < -0.39 is 23.7 Å². The highest BCUT2D eigenvalue weighted by Gasteiger charge is 2.37. The summed E-state index contributed by atoms with van der Waals surface area (Å²) in [5, 5.41) is 0. The predicted octanol–water partition coefficient (Wildman–Crippen LogP) is 0.888. The smallest absolute Gasteiger partial charge is 0.411 e. The molecule has 6 heteroatoms. The van der Waals surface area contributed by atoms with Crippen LogP contribution in [0.15, 0.2) is 0 Å². The molecular weight excluding hydrogens is 236 g/mol. The molecule has 6 nitrogen and oxygen atoms in total. The summed E-state index contributed by atoms with van der Waals surface area (Å²) in [6.07, 6.45) is 0.930. The molecule has 1 amide bonds. The van der Waals surface area contributed by atoms with Crippen molar-refractivity contribution < 1.29 is 19.1 Å². The summed E-state index contributed by atoms with van der Waals surface area (Å²) in [6, 6.07) is -0.536. The van der Waals surface area contributed by atoms with Crippen LogP contribution < -0.4 is 5.73 Å². The van der Waals surface area contributed by atoms with E-state index in [1.54, 1.807) is 20.8 Å². The average Bonchev–Trinajstić information content (AvgIpc) is 2.72. The van der Waals surface area contributed by atoms with E-state index in [2.05, 4.69) is 0 Å². The van der Waals surface area contributed by atoms with Crippen molar-refractivity contribution in [2.75, 3.05) is 19.7 Å². The van der Waals surface area contributed by atoms with E-state index in [4.69, 9.17) is 15.2 Å². The average molecular weight is 258 g/mol. The quantitative estimate of drug-likeness (QED) is 0.760. The summed E-state index contributed by atoms with van der Waals surface area (Å²) in [6.45, 7) is 6.37. The standard InChI is InChI=1S/C12H22N2O4/c1-12(2,3)18-11(16)14-7-4-5-9(14)10(15)17-8-6-13/h9H,4-8,13H2,1-3H3/t9-/m0/s1. The van der Waals surface area contributed by atoms with Crippen LogP contribution in [-0.4, -0.2) is 48.3 Å². The molecule has 0 aliphatic carbocycles. The second-order valence-electron chi connectivity index (χ2n) is 5.29. The predicted molar refractivity (Wildman–Crippen MR) is 66.0 cm³/mol. The van der Waals surface area contributed by atoms with Crippen LogP contribution in [0.4, 0.5) is 4.79 Å². The van der Waals surface area contributed by atoms with Gasteiger partial charge in [0.15, 0.2) is 0 Å². The minimum absolute atomic E-state index is 0.178. The summed E-state index contributed by atoms with van der Waals surface area (Å²) in [7, 11) is 0. The molecule has 0 saturated carbocycles. The Balaban J connectivity index is 2.59. The molecule has 0 unspecified atom stereocenters. The Morgan fingerprint density at radius 2 is 2.06 bits per heavy atom. The summed E-state index contributed by atoms with van der Waals surface area (Å²) in [5.41, 5.74) is 4.71. The van der Waals surface area contributed by atoms with Crippen molar-refractivity contribution in [2.45, 2.75) is 45.3 Å². The van der Waals surface area contributed by atoms with Gasteiger partial charge in [0, 0.05) is 13.1 Å². The Labute approximate surface area is 107 Å². The second kappa shape index (κ2) is 6.04. The molecule has 0 aromatic rings. The van der Waals surface area contributed by atoms with Crippen LogP contribution in [0, 0.1) is 0 Å². The maximum absolute atomic E-state index is 11.9. The maximum atomic E-state index is 11.9. The molecule has 0 aromatic heterocycles. The lowest BCUT2D eigenvalue weighted by Crippen LogP contribution is -2.44. The lowest BCUT2D eigenvalue weighted by molar-refractivity contribution is -0.148. The molecule has 0 radical (unpaired) electrons. The van der Waals surface area contributed by atoms with Crippen LogP contribution >= 0.6 is 0 Å². The highest BCUT2D eigenvalue weighted by molar-refractivity contribution is 5.82. The fraction of sp³-hybridized carbons (Fsp3) is 0.833. The van der Waals surface area contributed by atoms with Gasteiger partial charge in [-0.05, 0) is 33.6 Å². The highest BCUT2D eigenvalue weighted by Crippen LogP contribution is 2.21. The van der Waals surface area contributed by atoms with E-state index >= 15 is 0 Å². The molecule has 0 spiro atoms. The van der Waals surface area contributed by atoms with Crippen LogP contribution in [0.3, 0.4) is 0 Å². The summed E-state index contributed by atoms with van der Waals surface area (Å²) < 4.78 is 10.2. The fourth-order valence-electron chi connectivity index (χ4n) is 1.81. The lowest BCUT2D eigenvalue weighted by atomic mass is 10.2. The zero-order chi connectivity index (χ0) is 13.8. The number of nitrogens with two attached hydrogens (primary N) is 1. The molecule has 0 bridgehead atoms. The molecule has 1 atom stereocenters. The van der Waals surface area contributed by atoms with E-state index in [0.29, 0.717) is 13.0 Å². The van der Waals surface area contributed by atoms with Gasteiger partial charge in [-0.15, -0.1) is 0 Å². The van der Waals surface area contributed by atoms with Crippen LogP contribution in [-0.2, 0) is 14.3 Å². The number of hydrogen-bond acceptors (Lipinski definition) is 5. The number of likely N-dealkylation sites (tertiary alicyclic amines) is 1. The molecule has 1 fully saturated rings. The molecule has 1 aliphatic heterocycles. The topological polar surface area (TPSA) is 81.9 Å². The van der Waals surface area contributed by atoms with Gasteiger partial charge < -0.3 is 15.2 Å². The van der Waals surface area contributed by atoms with E-state index in [-0.39, 0.29) is 13.2 Å². The van der Waals surface area contributed by atoms with Gasteiger partial charge in [-0.25, -0.2) is 9.59 Å². The monoisotopic (exact) mass is 258 g/mol. The van der Waals surface area contributed by atoms with E-state index in [0.717, 1.165) is 6.42 Å². The second-order valence-corrected chi connectivity index (χ2v) is 5.29. The maximum Gasteiger partial charge on any atom is 0.411 e. The number of nitrogens with zero attached hydrogens (tertiary/aromatic N) is 1. The first-order chi connectivity index (χ1) is 8.35. The minimum atomic E-state index is -0.564. The number of rotatable bonds is 3. The molecule has 1 rings (SSSR count). The Hall–Kier alpha value is -1.30. The third-order valence-corrected chi connectivity index (χ3v) is 2.52. The zero-order valence-corrected chi connectivity index (χ0v) is 11.3. The van der Waals surface area contributed by atoms with E-state index in [9.17, 15) is 9.59 Å². The molecule has 1 aliphatic rings. The molecule has 18 heavy (non-hydrogen) atoms. The van der Waals surface area contributed by atoms with Crippen LogP contribution in [0.2, 0.25) is 0 Å². The van der Waals surface area contributed by atoms with Crippen LogP contribution in [0.25, 0.3) is 0 Å². The van der Waals surface area contributed by atoms with Gasteiger partial charge in [0.2, 0.25) is 0 Å². The Morgan fingerprint density at radius 1 is 1.39 bits per heavy atom. The van der Waals surface area contributed by atoms with E-state index in [1.807, 2.05) is 0 Å². The van der Waals surface area contributed by atoms with Gasteiger partial charge in [0.05, 0.1) is 0 Å². The van der Waals surface area contributed by atoms with Crippen molar-refractivity contribution in [3.63, 3.8) is 0 Å². The number of ether oxygens (including phenoxy) is 2. The number of esters is 1. The molecular formula is C12H22N2O4. The largest absolute Gasteiger partial charge is 0.463 e. The van der Waals surface area contributed by atoms with Gasteiger partial charge in [-0.2, -0.15) is 0 Å². The van der Waals surface area contributed by atoms with Crippen LogP contribution in [0.5, 0.6) is 0 Å². The normalized spacial score (nSPS) is 19.8. The summed E-state index contributed by atoms with van der Waals surface area (Å²) in [5.74, 6) is -0.399. The van der Waals surface area contributed by atoms with Crippen molar-refractivity contribution in [3.05, 3.63) is 0 Å². The SMILES string of the molecule is CC(C)(C)OC(=O)N1CCC[C@H]1C(=O)OCCN. The number of amides is 1. The van der Waals surface area contributed by atoms with Crippen molar-refractivity contribution in [2.24, 2.45) is 5.73 Å². The third kappa shape index (κ3) is 4.18. The first-order valence-corrected chi connectivity index (χ1v) is 6.21. The number of carbonyl (C=O) groups is 2. The van der Waals surface area contributed by atoms with Gasteiger partial charge in [-0.3, -0.25) is 4.90 Å². The Kier molecular flexibility index (Phi) is 4.95. The Morgan fingerprint density at radius 3 is 2.61 bits per heavy atom. The van der Waals surface area contributed by atoms with Crippen molar-refractivity contribution in [1.82, 2.24) is 4.90 Å². The number of carbonyl (C=O) groups excluding carboxylic acids is 2. The highest BCUT2D eigenvalue weighted by atomic mass is 16.6. The molecule has 104 valence electrons. The molecule has 1 heterocycles. The van der Waals surface area contributed by atoms with Crippen molar-refractivity contribution >= 4 is 12.1 Å². The molecule has 2 N–H and O–H groups in total.